The molecule has 0 aromatic heterocycles. The largest absolute Gasteiger partial charge is 0.289 e. The van der Waals surface area contributed by atoms with Crippen molar-refractivity contribution in [1.82, 2.24) is 0 Å². The van der Waals surface area contributed by atoms with E-state index in [-0.39, 0.29) is 11.7 Å². The highest BCUT2D eigenvalue weighted by molar-refractivity contribution is 6.17. The second-order valence-electron chi connectivity index (χ2n) is 6.91. The van der Waals surface area contributed by atoms with Gasteiger partial charge in [0.25, 0.3) is 0 Å². The molecule has 1 nitrogen and oxygen atoms in total. The molecule has 1 heteroatoms. The molecular weight excluding hydrogens is 328 g/mol. The summed E-state index contributed by atoms with van der Waals surface area (Å²) in [6.07, 6.45) is 4.36. The summed E-state index contributed by atoms with van der Waals surface area (Å²) in [7, 11) is 0. The number of allylic oxidation sites excluding steroid dienone is 1. The van der Waals surface area contributed by atoms with Gasteiger partial charge in [0.1, 0.15) is 0 Å². The van der Waals surface area contributed by atoms with Crippen LogP contribution in [0.25, 0.3) is 16.8 Å². The molecule has 5 rings (SSSR count). The van der Waals surface area contributed by atoms with Crippen LogP contribution in [0.15, 0.2) is 97.1 Å². The second-order valence-corrected chi connectivity index (χ2v) is 6.91. The molecule has 128 valence electrons. The first kappa shape index (κ1) is 15.8. The fourth-order valence-electron chi connectivity index (χ4n) is 4.06. The van der Waals surface area contributed by atoms with E-state index in [1.807, 2.05) is 42.5 Å². The van der Waals surface area contributed by atoms with Crippen LogP contribution in [0.4, 0.5) is 0 Å². The predicted octanol–water partition coefficient (Wildman–Crippen LogP) is 6.23. The molecule has 4 aromatic carbocycles. The van der Waals surface area contributed by atoms with Crippen molar-refractivity contribution in [1.29, 1.82) is 0 Å². The van der Waals surface area contributed by atoms with Gasteiger partial charge in [0.15, 0.2) is 5.78 Å². The van der Waals surface area contributed by atoms with Gasteiger partial charge in [0.2, 0.25) is 0 Å². The highest BCUT2D eigenvalue weighted by Gasteiger charge is 2.25. The minimum Gasteiger partial charge on any atom is -0.289 e. The Kier molecular flexibility index (Phi) is 3.72. The van der Waals surface area contributed by atoms with Crippen molar-refractivity contribution in [3.05, 3.63) is 125 Å². The number of ketones is 1. The van der Waals surface area contributed by atoms with Gasteiger partial charge < -0.3 is 0 Å². The van der Waals surface area contributed by atoms with Gasteiger partial charge >= 0.3 is 0 Å². The molecule has 1 aliphatic carbocycles. The Labute approximate surface area is 158 Å². The Morgan fingerprint density at radius 1 is 0.667 bits per heavy atom. The van der Waals surface area contributed by atoms with Crippen molar-refractivity contribution >= 4 is 22.6 Å². The first-order valence-corrected chi connectivity index (χ1v) is 9.21. The zero-order valence-electron chi connectivity index (χ0n) is 14.8. The Morgan fingerprint density at radius 3 is 2.30 bits per heavy atom. The van der Waals surface area contributed by atoms with Crippen molar-refractivity contribution in [2.24, 2.45) is 0 Å². The molecule has 0 amide bonds. The van der Waals surface area contributed by atoms with E-state index >= 15 is 0 Å². The zero-order chi connectivity index (χ0) is 18.2. The van der Waals surface area contributed by atoms with Crippen molar-refractivity contribution in [3.8, 4) is 0 Å². The molecule has 0 N–H and O–H groups in total. The Balaban J connectivity index is 1.77. The van der Waals surface area contributed by atoms with Gasteiger partial charge in [-0.3, -0.25) is 4.79 Å². The number of benzene rings is 4. The maximum atomic E-state index is 13.5. The molecular formula is C26H18O. The van der Waals surface area contributed by atoms with Gasteiger partial charge in [-0.1, -0.05) is 103 Å². The predicted molar refractivity (Wildman–Crippen MR) is 111 cm³/mol. The Bertz CT molecular complexity index is 1190. The third-order valence-electron chi connectivity index (χ3n) is 5.36. The number of fused-ring (bicyclic) bond motifs is 2. The average Bonchev–Trinajstić information content (AvgIpc) is 3.17. The standard InChI is InChI=1S/C26H18O/c27-26(20-10-2-1-3-11-20)25-22-13-7-5-9-19(22)15-17-24(25)23-16-14-18-8-4-6-12-21(18)23/h1-17,23H. The Hall–Kier alpha value is -3.45. The van der Waals surface area contributed by atoms with Gasteiger partial charge in [0, 0.05) is 17.0 Å². The maximum Gasteiger partial charge on any atom is 0.193 e. The quantitative estimate of drug-likeness (QED) is 0.402. The van der Waals surface area contributed by atoms with Gasteiger partial charge in [0.05, 0.1) is 0 Å². The lowest BCUT2D eigenvalue weighted by Gasteiger charge is -2.18. The smallest absolute Gasteiger partial charge is 0.193 e. The van der Waals surface area contributed by atoms with Gasteiger partial charge in [-0.2, -0.15) is 0 Å². The van der Waals surface area contributed by atoms with Crippen LogP contribution in [0.1, 0.15) is 38.5 Å². The zero-order valence-corrected chi connectivity index (χ0v) is 14.8. The molecule has 0 bridgehead atoms. The van der Waals surface area contributed by atoms with E-state index in [1.54, 1.807) is 0 Å². The molecule has 0 aliphatic heterocycles. The summed E-state index contributed by atoms with van der Waals surface area (Å²) in [5.74, 6) is 0.189. The fourth-order valence-corrected chi connectivity index (χ4v) is 4.06. The summed E-state index contributed by atoms with van der Waals surface area (Å²) >= 11 is 0. The molecule has 1 unspecified atom stereocenters. The van der Waals surface area contributed by atoms with Crippen LogP contribution in [0.5, 0.6) is 0 Å². The van der Waals surface area contributed by atoms with Crippen LogP contribution in [-0.4, -0.2) is 5.78 Å². The number of hydrogen-bond acceptors (Lipinski definition) is 1. The van der Waals surface area contributed by atoms with Crippen LogP contribution in [0.3, 0.4) is 0 Å². The SMILES string of the molecule is O=C(c1ccccc1)c1c(C2C=Cc3ccccc32)ccc2ccccc12. The molecule has 0 radical (unpaired) electrons. The minimum absolute atomic E-state index is 0.0835. The summed E-state index contributed by atoms with van der Waals surface area (Å²) in [6.45, 7) is 0. The summed E-state index contributed by atoms with van der Waals surface area (Å²) in [5, 5.41) is 2.11. The van der Waals surface area contributed by atoms with E-state index < -0.39 is 0 Å². The lowest BCUT2D eigenvalue weighted by Crippen LogP contribution is -2.09. The number of hydrogen-bond donors (Lipinski definition) is 0. The Morgan fingerprint density at radius 2 is 1.41 bits per heavy atom. The molecule has 4 aromatic rings. The molecule has 0 spiro atoms. The molecule has 0 heterocycles. The highest BCUT2D eigenvalue weighted by atomic mass is 16.1. The summed E-state index contributed by atoms with van der Waals surface area (Å²) in [4.78, 5) is 13.5. The molecule has 0 fully saturated rings. The molecule has 1 aliphatic rings. The van der Waals surface area contributed by atoms with E-state index in [0.717, 1.165) is 27.5 Å². The third-order valence-corrected chi connectivity index (χ3v) is 5.36. The van der Waals surface area contributed by atoms with Gasteiger partial charge in [-0.15, -0.1) is 0 Å². The molecule has 0 saturated heterocycles. The monoisotopic (exact) mass is 346 g/mol. The van der Waals surface area contributed by atoms with E-state index in [9.17, 15) is 4.79 Å². The molecule has 27 heavy (non-hydrogen) atoms. The van der Waals surface area contributed by atoms with E-state index in [1.165, 1.54) is 11.1 Å². The summed E-state index contributed by atoms with van der Waals surface area (Å²) < 4.78 is 0. The van der Waals surface area contributed by atoms with Crippen molar-refractivity contribution < 1.29 is 4.79 Å². The summed E-state index contributed by atoms with van der Waals surface area (Å²) in [6, 6.07) is 30.4. The van der Waals surface area contributed by atoms with Crippen LogP contribution >= 0.6 is 0 Å². The lowest BCUT2D eigenvalue weighted by molar-refractivity contribution is 0.103. The van der Waals surface area contributed by atoms with E-state index in [0.29, 0.717) is 0 Å². The number of carbonyl (C=O) groups is 1. The number of carbonyl (C=O) groups excluding carboxylic acids is 1. The first-order valence-electron chi connectivity index (χ1n) is 9.21. The second kappa shape index (κ2) is 6.37. The van der Waals surface area contributed by atoms with Crippen molar-refractivity contribution in [2.45, 2.75) is 5.92 Å². The number of rotatable bonds is 3. The van der Waals surface area contributed by atoms with E-state index in [4.69, 9.17) is 0 Å². The first-order chi connectivity index (χ1) is 13.3. The third kappa shape index (κ3) is 2.60. The van der Waals surface area contributed by atoms with Gasteiger partial charge in [-0.05, 0) is 27.5 Å². The fraction of sp³-hybridized carbons (Fsp3) is 0.0385. The highest BCUT2D eigenvalue weighted by Crippen LogP contribution is 2.39. The maximum absolute atomic E-state index is 13.5. The lowest BCUT2D eigenvalue weighted by atomic mass is 9.84. The molecule has 1 atom stereocenters. The molecule has 0 saturated carbocycles. The topological polar surface area (TPSA) is 17.1 Å². The van der Waals surface area contributed by atoms with Crippen LogP contribution in [-0.2, 0) is 0 Å². The van der Waals surface area contributed by atoms with E-state index in [2.05, 4.69) is 60.7 Å². The summed E-state index contributed by atoms with van der Waals surface area (Å²) in [5.41, 5.74) is 5.10. The minimum atomic E-state index is 0.0835. The van der Waals surface area contributed by atoms with Crippen LogP contribution in [0.2, 0.25) is 0 Å². The van der Waals surface area contributed by atoms with Crippen LogP contribution in [0, 0.1) is 0 Å². The average molecular weight is 346 g/mol. The van der Waals surface area contributed by atoms with Crippen molar-refractivity contribution in [2.75, 3.05) is 0 Å². The van der Waals surface area contributed by atoms with Crippen LogP contribution < -0.4 is 0 Å². The normalized spacial score (nSPS) is 15.0. The van der Waals surface area contributed by atoms with Gasteiger partial charge in [-0.25, -0.2) is 0 Å². The van der Waals surface area contributed by atoms with Crippen molar-refractivity contribution in [3.63, 3.8) is 0 Å².